The summed E-state index contributed by atoms with van der Waals surface area (Å²) in [6.45, 7) is 4.00. The molecule has 2 rings (SSSR count). The van der Waals surface area contributed by atoms with E-state index in [1.165, 1.54) is 24.3 Å². The highest BCUT2D eigenvalue weighted by atomic mass is 127. The number of guanidine groups is 1. The van der Waals surface area contributed by atoms with Gasteiger partial charge in [-0.25, -0.2) is 4.99 Å². The summed E-state index contributed by atoms with van der Waals surface area (Å²) in [7, 11) is 3.11. The Hall–Kier alpha value is -2.63. The van der Waals surface area contributed by atoms with Gasteiger partial charge in [0, 0.05) is 11.3 Å². The summed E-state index contributed by atoms with van der Waals surface area (Å²) in [5.41, 5.74) is 8.09. The maximum atomic E-state index is 12.2. The normalized spacial score (nSPS) is 11.3. The van der Waals surface area contributed by atoms with Gasteiger partial charge < -0.3 is 25.3 Å². The van der Waals surface area contributed by atoms with Crippen LogP contribution in [0.3, 0.4) is 0 Å². The number of rotatable bonds is 8. The molecule has 6 nitrogen and oxygen atoms in total. The number of halogens is 4. The van der Waals surface area contributed by atoms with E-state index >= 15 is 0 Å². The van der Waals surface area contributed by atoms with Crippen LogP contribution in [0.25, 0.3) is 0 Å². The minimum absolute atomic E-state index is 0. The van der Waals surface area contributed by atoms with Crippen molar-refractivity contribution in [2.45, 2.75) is 19.3 Å². The van der Waals surface area contributed by atoms with Crippen LogP contribution in [0.2, 0.25) is 0 Å². The van der Waals surface area contributed by atoms with Gasteiger partial charge in [-0.2, -0.15) is 0 Å². The summed E-state index contributed by atoms with van der Waals surface area (Å²) >= 11 is 0. The molecule has 0 amide bonds. The van der Waals surface area contributed by atoms with E-state index in [9.17, 15) is 13.2 Å². The first kappa shape index (κ1) is 25.4. The Kier molecular flexibility index (Phi) is 9.76. The van der Waals surface area contributed by atoms with Crippen LogP contribution in [0.15, 0.2) is 54.0 Å². The number of anilines is 1. The number of nitrogens with two attached hydrogens (primary N) is 1. The number of aliphatic imine (C=N–C) groups is 1. The minimum atomic E-state index is -4.74. The van der Waals surface area contributed by atoms with Gasteiger partial charge in [0.2, 0.25) is 0 Å². The Balaban J connectivity index is 0.00000450. The lowest BCUT2D eigenvalue weighted by Gasteiger charge is -2.14. The lowest BCUT2D eigenvalue weighted by molar-refractivity contribution is -0.274. The van der Waals surface area contributed by atoms with Gasteiger partial charge in [0.1, 0.15) is 5.75 Å². The van der Waals surface area contributed by atoms with Gasteiger partial charge in [-0.1, -0.05) is 6.08 Å². The Bertz CT molecular complexity index is 872. The number of allylic oxidation sites excluding steroid dienone is 1. The maximum Gasteiger partial charge on any atom is 0.573 e. The van der Waals surface area contributed by atoms with Crippen LogP contribution < -0.4 is 25.3 Å². The molecule has 0 fully saturated rings. The predicted octanol–water partition coefficient (Wildman–Crippen LogP) is 4.88. The number of ether oxygens (including phenoxy) is 3. The molecule has 0 saturated heterocycles. The zero-order valence-electron chi connectivity index (χ0n) is 16.5. The van der Waals surface area contributed by atoms with Crippen LogP contribution in [-0.4, -0.2) is 26.5 Å². The quantitative estimate of drug-likeness (QED) is 0.218. The third kappa shape index (κ3) is 7.65. The standard InChI is InChI=1S/C20H22F3N3O3.HI/c1-4-5-14-10-13(11-17(27-2)18(14)28-3)12-25-19(24)26-15-6-8-16(9-7-15)29-20(21,22)23;/h4,6-11H,1,5,12H2,2-3H3,(H3,24,25,26);1H. The van der Waals surface area contributed by atoms with E-state index in [1.54, 1.807) is 26.4 Å². The molecule has 0 radical (unpaired) electrons. The van der Waals surface area contributed by atoms with E-state index in [-0.39, 0.29) is 42.2 Å². The van der Waals surface area contributed by atoms with Crippen LogP contribution in [-0.2, 0) is 13.0 Å². The van der Waals surface area contributed by atoms with E-state index in [4.69, 9.17) is 15.2 Å². The van der Waals surface area contributed by atoms with Crippen molar-refractivity contribution in [3.8, 4) is 17.2 Å². The number of alkyl halides is 3. The minimum Gasteiger partial charge on any atom is -0.493 e. The van der Waals surface area contributed by atoms with Crippen LogP contribution in [0.1, 0.15) is 11.1 Å². The second-order valence-electron chi connectivity index (χ2n) is 5.88. The third-order valence-corrected chi connectivity index (χ3v) is 3.77. The van der Waals surface area contributed by atoms with Crippen molar-refractivity contribution in [2.75, 3.05) is 19.5 Å². The molecule has 0 unspecified atom stereocenters. The number of nitrogens with zero attached hydrogens (tertiary/aromatic N) is 1. The molecule has 0 saturated carbocycles. The zero-order chi connectivity index (χ0) is 21.4. The molecular weight excluding hydrogens is 514 g/mol. The molecule has 3 N–H and O–H groups in total. The van der Waals surface area contributed by atoms with Gasteiger partial charge in [-0.3, -0.25) is 0 Å². The second-order valence-corrected chi connectivity index (χ2v) is 5.88. The number of benzene rings is 2. The Labute approximate surface area is 189 Å². The molecule has 2 aromatic rings. The first-order valence-electron chi connectivity index (χ1n) is 8.53. The SMILES string of the molecule is C=CCc1cc(CN=C(N)Nc2ccc(OC(F)(F)F)cc2)cc(OC)c1OC.I. The smallest absolute Gasteiger partial charge is 0.493 e. The zero-order valence-corrected chi connectivity index (χ0v) is 18.8. The van der Waals surface area contributed by atoms with Crippen molar-refractivity contribution in [3.63, 3.8) is 0 Å². The molecule has 10 heteroatoms. The molecule has 0 spiro atoms. The molecule has 0 aliphatic heterocycles. The average Bonchev–Trinajstić information content (AvgIpc) is 2.66. The van der Waals surface area contributed by atoms with E-state index in [0.29, 0.717) is 23.6 Å². The third-order valence-electron chi connectivity index (χ3n) is 3.77. The van der Waals surface area contributed by atoms with Crippen molar-refractivity contribution < 1.29 is 27.4 Å². The molecule has 0 bridgehead atoms. The van der Waals surface area contributed by atoms with Crippen LogP contribution in [0, 0.1) is 0 Å². The van der Waals surface area contributed by atoms with E-state index in [0.717, 1.165) is 11.1 Å². The van der Waals surface area contributed by atoms with Crippen molar-refractivity contribution in [3.05, 3.63) is 60.2 Å². The molecule has 164 valence electrons. The number of hydrogen-bond donors (Lipinski definition) is 2. The van der Waals surface area contributed by atoms with Crippen molar-refractivity contribution >= 4 is 35.6 Å². The van der Waals surface area contributed by atoms with Gasteiger partial charge in [-0.15, -0.1) is 43.7 Å². The van der Waals surface area contributed by atoms with Crippen LogP contribution in [0.5, 0.6) is 17.2 Å². The fourth-order valence-electron chi connectivity index (χ4n) is 2.61. The predicted molar refractivity (Wildman–Crippen MR) is 121 cm³/mol. The Morgan fingerprint density at radius 3 is 2.37 bits per heavy atom. The van der Waals surface area contributed by atoms with Gasteiger partial charge in [0.15, 0.2) is 17.5 Å². The largest absolute Gasteiger partial charge is 0.573 e. The molecular formula is C20H23F3IN3O3. The summed E-state index contributed by atoms with van der Waals surface area (Å²) in [6, 6.07) is 8.89. The maximum absolute atomic E-state index is 12.2. The first-order valence-corrected chi connectivity index (χ1v) is 8.53. The van der Waals surface area contributed by atoms with Gasteiger partial charge in [0.05, 0.1) is 20.8 Å². The van der Waals surface area contributed by atoms with Gasteiger partial charge in [-0.05, 0) is 48.4 Å². The molecule has 0 aliphatic carbocycles. The van der Waals surface area contributed by atoms with E-state index in [1.807, 2.05) is 6.07 Å². The fraction of sp³-hybridized carbons (Fsp3) is 0.250. The number of methoxy groups -OCH3 is 2. The summed E-state index contributed by atoms with van der Waals surface area (Å²) < 4.78 is 51.2. The molecule has 2 aromatic carbocycles. The van der Waals surface area contributed by atoms with Gasteiger partial charge >= 0.3 is 6.36 Å². The topological polar surface area (TPSA) is 78.1 Å². The van der Waals surface area contributed by atoms with Crippen molar-refractivity contribution in [2.24, 2.45) is 10.7 Å². The second kappa shape index (κ2) is 11.5. The molecule has 0 aliphatic rings. The summed E-state index contributed by atoms with van der Waals surface area (Å²) in [6.07, 6.45) is -2.39. The number of nitrogens with one attached hydrogen (secondary N) is 1. The average molecular weight is 537 g/mol. The van der Waals surface area contributed by atoms with E-state index in [2.05, 4.69) is 21.6 Å². The van der Waals surface area contributed by atoms with Crippen LogP contribution in [0.4, 0.5) is 18.9 Å². The summed E-state index contributed by atoms with van der Waals surface area (Å²) in [5, 5.41) is 2.81. The monoisotopic (exact) mass is 537 g/mol. The first-order chi connectivity index (χ1) is 13.8. The lowest BCUT2D eigenvalue weighted by atomic mass is 10.1. The lowest BCUT2D eigenvalue weighted by Crippen LogP contribution is -2.22. The van der Waals surface area contributed by atoms with Gasteiger partial charge in [0.25, 0.3) is 0 Å². The molecule has 30 heavy (non-hydrogen) atoms. The summed E-state index contributed by atoms with van der Waals surface area (Å²) in [5.74, 6) is 0.990. The molecule has 0 heterocycles. The van der Waals surface area contributed by atoms with Crippen molar-refractivity contribution in [1.82, 2.24) is 0 Å². The highest BCUT2D eigenvalue weighted by molar-refractivity contribution is 14.0. The molecule has 0 aromatic heterocycles. The number of hydrogen-bond acceptors (Lipinski definition) is 4. The van der Waals surface area contributed by atoms with Crippen LogP contribution >= 0.6 is 24.0 Å². The Morgan fingerprint density at radius 2 is 1.83 bits per heavy atom. The summed E-state index contributed by atoms with van der Waals surface area (Å²) in [4.78, 5) is 4.25. The van der Waals surface area contributed by atoms with Crippen molar-refractivity contribution in [1.29, 1.82) is 0 Å². The highest BCUT2D eigenvalue weighted by Gasteiger charge is 2.30. The Morgan fingerprint density at radius 1 is 1.17 bits per heavy atom. The van der Waals surface area contributed by atoms with E-state index < -0.39 is 6.36 Å². The fourth-order valence-corrected chi connectivity index (χ4v) is 2.61. The molecule has 0 atom stereocenters. The highest BCUT2D eigenvalue weighted by Crippen LogP contribution is 2.33.